The van der Waals surface area contributed by atoms with Gasteiger partial charge in [0.25, 0.3) is 0 Å². The quantitative estimate of drug-likeness (QED) is 0.368. The van der Waals surface area contributed by atoms with E-state index in [0.29, 0.717) is 23.6 Å². The highest BCUT2D eigenvalue weighted by Crippen LogP contribution is 2.03. The molecule has 0 saturated heterocycles. The Balaban J connectivity index is 2.07. The fraction of sp³-hybridized carbons (Fsp3) is 0.400. The third-order valence-electron chi connectivity index (χ3n) is 2.99. The van der Waals surface area contributed by atoms with Crippen LogP contribution < -0.4 is 16.0 Å². The summed E-state index contributed by atoms with van der Waals surface area (Å²) in [6.07, 6.45) is 4.18. The normalized spacial score (nSPS) is 11.2. The van der Waals surface area contributed by atoms with Crippen LogP contribution in [0.3, 0.4) is 0 Å². The Morgan fingerprint density at radius 1 is 1.29 bits per heavy atom. The van der Waals surface area contributed by atoms with Crippen molar-refractivity contribution in [1.29, 1.82) is 0 Å². The molecular weight excluding hydrogens is 324 g/mol. The Labute approximate surface area is 146 Å². The highest BCUT2D eigenvalue weighted by atomic mass is 32.1. The van der Waals surface area contributed by atoms with Crippen LogP contribution in [0.4, 0.5) is 5.95 Å². The molecule has 2 aromatic rings. The average molecular weight is 346 g/mol. The number of imidazole rings is 1. The first-order valence-electron chi connectivity index (χ1n) is 7.72. The lowest BCUT2D eigenvalue weighted by Gasteiger charge is -2.13. The Bertz CT molecular complexity index is 675. The van der Waals surface area contributed by atoms with Crippen LogP contribution >= 0.6 is 12.2 Å². The van der Waals surface area contributed by atoms with Crippen molar-refractivity contribution in [3.8, 4) is 0 Å². The molecule has 0 aliphatic carbocycles. The van der Waals surface area contributed by atoms with Crippen molar-refractivity contribution < 1.29 is 0 Å². The van der Waals surface area contributed by atoms with Gasteiger partial charge >= 0.3 is 0 Å². The summed E-state index contributed by atoms with van der Waals surface area (Å²) in [6.45, 7) is 7.12. The van der Waals surface area contributed by atoms with Crippen LogP contribution in [-0.2, 0) is 6.42 Å². The van der Waals surface area contributed by atoms with Gasteiger partial charge in [0.15, 0.2) is 5.11 Å². The SMILES string of the molecule is CCNC(=S)NC(=NCCc1cnc[nH]1)Nc1nc(C)cc(C)n1. The van der Waals surface area contributed by atoms with E-state index in [-0.39, 0.29) is 0 Å². The number of aromatic nitrogens is 4. The van der Waals surface area contributed by atoms with E-state index in [1.807, 2.05) is 26.8 Å². The lowest BCUT2D eigenvalue weighted by atomic mass is 10.3. The topological polar surface area (TPSA) is 103 Å². The number of nitrogens with one attached hydrogen (secondary N) is 4. The second kappa shape index (κ2) is 8.92. The molecule has 0 atom stereocenters. The molecule has 0 fully saturated rings. The van der Waals surface area contributed by atoms with Gasteiger partial charge in [-0.3, -0.25) is 10.3 Å². The highest BCUT2D eigenvalue weighted by Gasteiger charge is 2.06. The molecule has 2 rings (SSSR count). The van der Waals surface area contributed by atoms with Gasteiger partial charge in [-0.1, -0.05) is 0 Å². The Morgan fingerprint density at radius 3 is 2.67 bits per heavy atom. The Morgan fingerprint density at radius 2 is 2.04 bits per heavy atom. The lowest BCUT2D eigenvalue weighted by molar-refractivity contribution is 0.918. The molecule has 0 saturated carbocycles. The summed E-state index contributed by atoms with van der Waals surface area (Å²) < 4.78 is 0. The smallest absolute Gasteiger partial charge is 0.229 e. The fourth-order valence-electron chi connectivity index (χ4n) is 2.02. The number of thiocarbonyl (C=S) groups is 1. The van der Waals surface area contributed by atoms with Gasteiger partial charge in [-0.15, -0.1) is 0 Å². The van der Waals surface area contributed by atoms with Gasteiger partial charge in [0.05, 0.1) is 6.33 Å². The first kappa shape index (κ1) is 17.8. The molecule has 0 bridgehead atoms. The molecule has 9 heteroatoms. The minimum Gasteiger partial charge on any atom is -0.363 e. The highest BCUT2D eigenvalue weighted by molar-refractivity contribution is 7.80. The van der Waals surface area contributed by atoms with E-state index < -0.39 is 0 Å². The number of H-pyrrole nitrogens is 1. The van der Waals surface area contributed by atoms with Crippen LogP contribution in [0.15, 0.2) is 23.6 Å². The molecule has 2 aromatic heterocycles. The van der Waals surface area contributed by atoms with Gasteiger partial charge in [-0.05, 0) is 39.1 Å². The zero-order chi connectivity index (χ0) is 17.4. The van der Waals surface area contributed by atoms with Crippen LogP contribution in [0.1, 0.15) is 24.0 Å². The molecule has 0 amide bonds. The van der Waals surface area contributed by atoms with Gasteiger partial charge in [-0.2, -0.15) is 0 Å². The van der Waals surface area contributed by atoms with E-state index in [9.17, 15) is 0 Å². The first-order chi connectivity index (χ1) is 11.6. The monoisotopic (exact) mass is 346 g/mol. The van der Waals surface area contributed by atoms with Crippen molar-refractivity contribution in [3.05, 3.63) is 35.7 Å². The number of guanidine groups is 1. The molecule has 8 nitrogen and oxygen atoms in total. The van der Waals surface area contributed by atoms with Gasteiger partial charge in [0, 0.05) is 42.8 Å². The number of aromatic amines is 1. The van der Waals surface area contributed by atoms with Crippen LogP contribution in [0, 0.1) is 13.8 Å². The molecule has 0 aromatic carbocycles. The van der Waals surface area contributed by atoms with Crippen molar-refractivity contribution in [3.63, 3.8) is 0 Å². The molecule has 2 heterocycles. The number of aliphatic imine (C=N–C) groups is 1. The van der Waals surface area contributed by atoms with E-state index in [4.69, 9.17) is 12.2 Å². The molecule has 0 aliphatic heterocycles. The predicted octanol–water partition coefficient (Wildman–Crippen LogP) is 1.31. The van der Waals surface area contributed by atoms with Crippen molar-refractivity contribution in [2.75, 3.05) is 18.4 Å². The van der Waals surface area contributed by atoms with E-state index in [2.05, 4.69) is 40.9 Å². The number of nitrogens with zero attached hydrogens (tertiary/aromatic N) is 4. The fourth-order valence-corrected chi connectivity index (χ4v) is 2.26. The number of hydrogen-bond donors (Lipinski definition) is 4. The molecule has 128 valence electrons. The molecule has 0 spiro atoms. The summed E-state index contributed by atoms with van der Waals surface area (Å²) in [5.74, 6) is 0.991. The lowest BCUT2D eigenvalue weighted by Crippen LogP contribution is -2.42. The maximum absolute atomic E-state index is 5.23. The van der Waals surface area contributed by atoms with Gasteiger partial charge in [0.1, 0.15) is 0 Å². The van der Waals surface area contributed by atoms with Crippen LogP contribution in [0.5, 0.6) is 0 Å². The summed E-state index contributed by atoms with van der Waals surface area (Å²) in [4.78, 5) is 20.3. The maximum atomic E-state index is 5.23. The van der Waals surface area contributed by atoms with Gasteiger partial charge in [-0.25, -0.2) is 15.0 Å². The molecule has 4 N–H and O–H groups in total. The number of rotatable bonds is 5. The van der Waals surface area contributed by atoms with E-state index >= 15 is 0 Å². The Kier molecular flexibility index (Phi) is 6.62. The summed E-state index contributed by atoms with van der Waals surface area (Å²) >= 11 is 5.23. The van der Waals surface area contributed by atoms with Crippen molar-refractivity contribution in [1.82, 2.24) is 30.6 Å². The Hall–Kier alpha value is -2.55. The maximum Gasteiger partial charge on any atom is 0.229 e. The second-order valence-electron chi connectivity index (χ2n) is 5.14. The minimum absolute atomic E-state index is 0.486. The molecule has 0 unspecified atom stereocenters. The minimum atomic E-state index is 0.486. The predicted molar refractivity (Wildman–Crippen MR) is 99.1 cm³/mol. The third-order valence-corrected chi connectivity index (χ3v) is 3.23. The van der Waals surface area contributed by atoms with E-state index in [1.165, 1.54) is 0 Å². The number of hydrogen-bond acceptors (Lipinski definition) is 5. The third kappa shape index (κ3) is 5.92. The average Bonchev–Trinajstić information content (AvgIpc) is 2.99. The number of anilines is 1. The van der Waals surface area contributed by atoms with Crippen LogP contribution in [0.2, 0.25) is 0 Å². The zero-order valence-electron chi connectivity index (χ0n) is 14.1. The summed E-state index contributed by atoms with van der Waals surface area (Å²) in [6, 6.07) is 1.91. The second-order valence-corrected chi connectivity index (χ2v) is 5.55. The summed E-state index contributed by atoms with van der Waals surface area (Å²) in [7, 11) is 0. The van der Waals surface area contributed by atoms with E-state index in [0.717, 1.165) is 30.0 Å². The van der Waals surface area contributed by atoms with Crippen molar-refractivity contribution in [2.45, 2.75) is 27.2 Å². The molecular formula is C15H22N8S. The zero-order valence-corrected chi connectivity index (χ0v) is 14.9. The molecule has 0 radical (unpaired) electrons. The van der Waals surface area contributed by atoms with Crippen molar-refractivity contribution in [2.24, 2.45) is 4.99 Å². The first-order valence-corrected chi connectivity index (χ1v) is 8.13. The van der Waals surface area contributed by atoms with Crippen molar-refractivity contribution >= 4 is 29.2 Å². The summed E-state index contributed by atoms with van der Waals surface area (Å²) in [5.41, 5.74) is 2.79. The largest absolute Gasteiger partial charge is 0.363 e. The molecule has 24 heavy (non-hydrogen) atoms. The standard InChI is InChI=1S/C15H22N8S/c1-4-17-15(24)23-13(18-6-5-12-8-16-9-19-12)22-14-20-10(2)7-11(3)21-14/h7-9H,4-6H2,1-3H3,(H,16,19)(H3,17,18,20,21,22,23,24). The van der Waals surface area contributed by atoms with Gasteiger partial charge < -0.3 is 15.6 Å². The van der Waals surface area contributed by atoms with Crippen LogP contribution in [0.25, 0.3) is 0 Å². The summed E-state index contributed by atoms with van der Waals surface area (Å²) in [5, 5.41) is 9.66. The number of aryl methyl sites for hydroxylation is 2. The van der Waals surface area contributed by atoms with Crippen LogP contribution in [-0.4, -0.2) is 44.1 Å². The van der Waals surface area contributed by atoms with Gasteiger partial charge in [0.2, 0.25) is 11.9 Å². The molecule has 0 aliphatic rings. The van der Waals surface area contributed by atoms with E-state index in [1.54, 1.807) is 12.5 Å².